The molecule has 7 heteroatoms. The number of carbonyl (C=O) groups excluding carboxylic acids is 2. The van der Waals surface area contributed by atoms with E-state index in [9.17, 15) is 9.59 Å². The van der Waals surface area contributed by atoms with Crippen molar-refractivity contribution in [1.82, 2.24) is 15.1 Å². The summed E-state index contributed by atoms with van der Waals surface area (Å²) in [6.45, 7) is 1.34. The Morgan fingerprint density at radius 3 is 2.32 bits per heavy atom. The minimum Gasteiger partial charge on any atom is -0.445 e. The molecule has 0 radical (unpaired) electrons. The zero-order valence-electron chi connectivity index (χ0n) is 17.3. The van der Waals surface area contributed by atoms with Crippen LogP contribution in [-0.2, 0) is 21.6 Å². The molecule has 1 fully saturated rings. The highest BCUT2D eigenvalue weighted by Crippen LogP contribution is 2.39. The molecule has 2 amide bonds. The summed E-state index contributed by atoms with van der Waals surface area (Å²) < 4.78 is 5.49. The highest BCUT2D eigenvalue weighted by Gasteiger charge is 2.39. The van der Waals surface area contributed by atoms with Gasteiger partial charge in [-0.3, -0.25) is 9.89 Å². The third kappa shape index (κ3) is 5.12. The van der Waals surface area contributed by atoms with Gasteiger partial charge in [0.25, 0.3) is 0 Å². The summed E-state index contributed by atoms with van der Waals surface area (Å²) >= 11 is 0. The van der Waals surface area contributed by atoms with Crippen molar-refractivity contribution < 1.29 is 14.3 Å². The second kappa shape index (κ2) is 9.47. The number of benzene rings is 2. The van der Waals surface area contributed by atoms with Crippen molar-refractivity contribution in [2.24, 2.45) is 0 Å². The van der Waals surface area contributed by atoms with Gasteiger partial charge in [0.1, 0.15) is 6.61 Å². The molecule has 1 aliphatic heterocycles. The SMILES string of the molecule is O=C(CC1(c2ccccc2)CCN(C(=O)OCc2ccccc2)CC1)Nc1cc[nH]n1. The first-order valence-electron chi connectivity index (χ1n) is 10.5. The van der Waals surface area contributed by atoms with Gasteiger partial charge in [-0.25, -0.2) is 4.79 Å². The third-order valence-corrected chi connectivity index (χ3v) is 5.84. The molecule has 2 aromatic carbocycles. The topological polar surface area (TPSA) is 87.3 Å². The van der Waals surface area contributed by atoms with Crippen molar-refractivity contribution in [3.05, 3.63) is 84.1 Å². The van der Waals surface area contributed by atoms with Crippen molar-refractivity contribution in [2.75, 3.05) is 18.4 Å². The van der Waals surface area contributed by atoms with Gasteiger partial charge in [0, 0.05) is 37.2 Å². The summed E-state index contributed by atoms with van der Waals surface area (Å²) in [4.78, 5) is 27.1. The Balaban J connectivity index is 1.40. The first-order valence-corrected chi connectivity index (χ1v) is 10.5. The van der Waals surface area contributed by atoms with Crippen LogP contribution in [-0.4, -0.2) is 40.2 Å². The number of ether oxygens (including phenoxy) is 1. The number of piperidine rings is 1. The summed E-state index contributed by atoms with van der Waals surface area (Å²) in [7, 11) is 0. The molecule has 0 spiro atoms. The first kappa shape index (κ1) is 20.7. The van der Waals surface area contributed by atoms with Gasteiger partial charge in [0.05, 0.1) is 0 Å². The Morgan fingerprint density at radius 2 is 1.68 bits per heavy atom. The van der Waals surface area contributed by atoms with E-state index in [0.29, 0.717) is 38.2 Å². The highest BCUT2D eigenvalue weighted by atomic mass is 16.6. The molecule has 1 aliphatic rings. The Labute approximate surface area is 181 Å². The normalized spacial score (nSPS) is 15.3. The van der Waals surface area contributed by atoms with Crippen LogP contribution in [0.15, 0.2) is 72.9 Å². The van der Waals surface area contributed by atoms with Crippen LogP contribution in [0.3, 0.4) is 0 Å². The Hall–Kier alpha value is -3.61. The van der Waals surface area contributed by atoms with Crippen LogP contribution in [0.4, 0.5) is 10.6 Å². The van der Waals surface area contributed by atoms with Gasteiger partial charge in [-0.2, -0.15) is 5.10 Å². The number of carbonyl (C=O) groups is 2. The standard InChI is InChI=1S/C24H26N4O3/c29-22(26-21-11-14-25-27-21)17-24(20-9-5-2-6-10-20)12-15-28(16-13-24)23(30)31-18-19-7-3-1-4-8-19/h1-11,14H,12-13,15-18H2,(H2,25,26,27,29). The molecule has 1 saturated heterocycles. The maximum Gasteiger partial charge on any atom is 0.410 e. The number of nitrogens with one attached hydrogen (secondary N) is 2. The molecule has 2 heterocycles. The number of hydrogen-bond donors (Lipinski definition) is 2. The fourth-order valence-corrected chi connectivity index (χ4v) is 4.11. The molecular formula is C24H26N4O3. The Kier molecular flexibility index (Phi) is 6.31. The molecular weight excluding hydrogens is 392 g/mol. The van der Waals surface area contributed by atoms with E-state index < -0.39 is 0 Å². The number of aromatic amines is 1. The quantitative estimate of drug-likeness (QED) is 0.631. The van der Waals surface area contributed by atoms with E-state index in [1.54, 1.807) is 17.2 Å². The minimum atomic E-state index is -0.335. The molecule has 4 rings (SSSR count). The largest absolute Gasteiger partial charge is 0.445 e. The minimum absolute atomic E-state index is 0.0870. The van der Waals surface area contributed by atoms with E-state index in [1.165, 1.54) is 0 Å². The lowest BCUT2D eigenvalue weighted by atomic mass is 9.70. The second-order valence-electron chi connectivity index (χ2n) is 7.86. The zero-order valence-corrected chi connectivity index (χ0v) is 17.3. The molecule has 2 N–H and O–H groups in total. The first-order chi connectivity index (χ1) is 15.1. The molecule has 0 bridgehead atoms. The van der Waals surface area contributed by atoms with Crippen LogP contribution in [0.25, 0.3) is 0 Å². The lowest BCUT2D eigenvalue weighted by Gasteiger charge is -2.41. The molecule has 1 aromatic heterocycles. The number of amides is 2. The molecule has 0 saturated carbocycles. The van der Waals surface area contributed by atoms with E-state index >= 15 is 0 Å². The fraction of sp³-hybridized carbons (Fsp3) is 0.292. The molecule has 7 nitrogen and oxygen atoms in total. The summed E-state index contributed by atoms with van der Waals surface area (Å²) in [6, 6.07) is 21.4. The van der Waals surface area contributed by atoms with Gasteiger partial charge < -0.3 is 15.0 Å². The fourth-order valence-electron chi connectivity index (χ4n) is 4.11. The van der Waals surface area contributed by atoms with Crippen LogP contribution in [0, 0.1) is 0 Å². The number of likely N-dealkylation sites (tertiary alicyclic amines) is 1. The molecule has 3 aromatic rings. The number of aromatic nitrogens is 2. The van der Waals surface area contributed by atoms with Gasteiger partial charge in [-0.05, 0) is 24.0 Å². The highest BCUT2D eigenvalue weighted by molar-refractivity contribution is 5.90. The second-order valence-corrected chi connectivity index (χ2v) is 7.86. The number of nitrogens with zero attached hydrogens (tertiary/aromatic N) is 2. The van der Waals surface area contributed by atoms with Crippen LogP contribution in [0.1, 0.15) is 30.4 Å². The summed E-state index contributed by atoms with van der Waals surface area (Å²) in [5.41, 5.74) is 1.74. The van der Waals surface area contributed by atoms with E-state index in [4.69, 9.17) is 4.74 Å². The van der Waals surface area contributed by atoms with Crippen LogP contribution in [0.5, 0.6) is 0 Å². The molecule has 0 aliphatic carbocycles. The smallest absolute Gasteiger partial charge is 0.410 e. The predicted octanol–water partition coefficient (Wildman–Crippen LogP) is 4.11. The summed E-state index contributed by atoms with van der Waals surface area (Å²) in [6.07, 6.45) is 3.06. The van der Waals surface area contributed by atoms with Crippen molar-refractivity contribution >= 4 is 17.8 Å². The van der Waals surface area contributed by atoms with Crippen molar-refractivity contribution in [2.45, 2.75) is 31.3 Å². The molecule has 160 valence electrons. The van der Waals surface area contributed by atoms with Crippen molar-refractivity contribution in [1.29, 1.82) is 0 Å². The van der Waals surface area contributed by atoms with Gasteiger partial charge in [-0.1, -0.05) is 60.7 Å². The molecule has 31 heavy (non-hydrogen) atoms. The van der Waals surface area contributed by atoms with Crippen LogP contribution >= 0.6 is 0 Å². The van der Waals surface area contributed by atoms with Crippen LogP contribution < -0.4 is 5.32 Å². The average molecular weight is 418 g/mol. The zero-order chi connectivity index (χ0) is 21.5. The van der Waals surface area contributed by atoms with Crippen molar-refractivity contribution in [3.63, 3.8) is 0 Å². The maximum atomic E-state index is 12.8. The molecule has 0 unspecified atom stereocenters. The number of anilines is 1. The number of hydrogen-bond acceptors (Lipinski definition) is 4. The monoisotopic (exact) mass is 418 g/mol. The number of H-pyrrole nitrogens is 1. The number of rotatable bonds is 6. The van der Waals surface area contributed by atoms with Gasteiger partial charge in [0.2, 0.25) is 5.91 Å². The lowest BCUT2D eigenvalue weighted by Crippen LogP contribution is -2.46. The van der Waals surface area contributed by atoms with Crippen LogP contribution in [0.2, 0.25) is 0 Å². The van der Waals surface area contributed by atoms with Gasteiger partial charge >= 0.3 is 6.09 Å². The Bertz CT molecular complexity index is 982. The van der Waals surface area contributed by atoms with E-state index in [2.05, 4.69) is 27.6 Å². The summed E-state index contributed by atoms with van der Waals surface area (Å²) in [5, 5.41) is 9.55. The van der Waals surface area contributed by atoms with Gasteiger partial charge in [0.15, 0.2) is 5.82 Å². The van der Waals surface area contributed by atoms with E-state index in [0.717, 1.165) is 11.1 Å². The lowest BCUT2D eigenvalue weighted by molar-refractivity contribution is -0.117. The maximum absolute atomic E-state index is 12.8. The van der Waals surface area contributed by atoms with Gasteiger partial charge in [-0.15, -0.1) is 0 Å². The third-order valence-electron chi connectivity index (χ3n) is 5.84. The van der Waals surface area contributed by atoms with E-state index in [1.807, 2.05) is 48.5 Å². The predicted molar refractivity (Wildman–Crippen MR) is 117 cm³/mol. The Morgan fingerprint density at radius 1 is 1.00 bits per heavy atom. The van der Waals surface area contributed by atoms with E-state index in [-0.39, 0.29) is 24.0 Å². The summed E-state index contributed by atoms with van der Waals surface area (Å²) in [5.74, 6) is 0.422. The average Bonchev–Trinajstić information content (AvgIpc) is 3.32. The molecule has 0 atom stereocenters. The van der Waals surface area contributed by atoms with Crippen molar-refractivity contribution in [3.8, 4) is 0 Å².